The zero-order chi connectivity index (χ0) is 14.7. The van der Waals surface area contributed by atoms with Crippen LogP contribution in [-0.2, 0) is 17.6 Å². The normalized spacial score (nSPS) is 13.5. The number of aromatic nitrogens is 1. The third-order valence-corrected chi connectivity index (χ3v) is 4.49. The fourth-order valence-corrected chi connectivity index (χ4v) is 3.40. The summed E-state index contributed by atoms with van der Waals surface area (Å²) < 4.78 is 0. The van der Waals surface area contributed by atoms with Crippen LogP contribution in [-0.4, -0.2) is 22.5 Å². The van der Waals surface area contributed by atoms with Crippen molar-refractivity contribution in [2.24, 2.45) is 0 Å². The maximum absolute atomic E-state index is 11.9. The Morgan fingerprint density at radius 1 is 1.24 bits per heavy atom. The highest BCUT2D eigenvalue weighted by Crippen LogP contribution is 2.29. The number of hydrogen-bond donors (Lipinski definition) is 3. The molecule has 1 amide bonds. The molecule has 0 radical (unpaired) electrons. The van der Waals surface area contributed by atoms with E-state index in [-0.39, 0.29) is 18.2 Å². The highest BCUT2D eigenvalue weighted by atomic mass is 32.1. The average Bonchev–Trinajstić information content (AvgIpc) is 2.88. The van der Waals surface area contributed by atoms with Crippen molar-refractivity contribution in [2.45, 2.75) is 25.7 Å². The molecule has 0 bridgehead atoms. The van der Waals surface area contributed by atoms with Crippen LogP contribution in [0.25, 0.3) is 0 Å². The fraction of sp³-hybridized carbons (Fsp3) is 0.333. The quantitative estimate of drug-likeness (QED) is 0.759. The van der Waals surface area contributed by atoms with E-state index in [1.54, 1.807) is 35.6 Å². The Hall–Kier alpha value is -2.08. The van der Waals surface area contributed by atoms with Crippen LogP contribution in [0.5, 0.6) is 5.75 Å². The number of nitrogens with one attached hydrogen (secondary N) is 2. The highest BCUT2D eigenvalue weighted by molar-refractivity contribution is 7.15. The van der Waals surface area contributed by atoms with E-state index >= 15 is 0 Å². The van der Waals surface area contributed by atoms with Crippen LogP contribution in [0.4, 0.5) is 10.8 Å². The van der Waals surface area contributed by atoms with Crippen LogP contribution in [0.2, 0.25) is 0 Å². The molecule has 0 saturated carbocycles. The van der Waals surface area contributed by atoms with E-state index in [0.717, 1.165) is 24.2 Å². The molecule has 1 aliphatic rings. The van der Waals surface area contributed by atoms with Gasteiger partial charge in [-0.25, -0.2) is 4.98 Å². The van der Waals surface area contributed by atoms with Crippen molar-refractivity contribution >= 4 is 28.1 Å². The Bertz CT molecular complexity index is 613. The van der Waals surface area contributed by atoms with Gasteiger partial charge in [-0.3, -0.25) is 4.79 Å². The lowest BCUT2D eigenvalue weighted by Gasteiger charge is -2.06. The maximum Gasteiger partial charge on any atom is 0.245 e. The summed E-state index contributed by atoms with van der Waals surface area (Å²) >= 11 is 1.58. The molecule has 0 spiro atoms. The standard InChI is InChI=1S/C15H17N3O2S/c19-11-7-5-10(6-8-11)16-9-14(20)18-15-17-12-3-1-2-4-13(12)21-15/h5-8,16,19H,1-4,9H2,(H,17,18,20). The molecule has 0 unspecified atom stereocenters. The predicted octanol–water partition coefficient (Wildman–Crippen LogP) is 2.78. The monoisotopic (exact) mass is 303 g/mol. The first-order valence-corrected chi connectivity index (χ1v) is 7.84. The molecular weight excluding hydrogens is 286 g/mol. The van der Waals surface area contributed by atoms with Crippen LogP contribution in [0.1, 0.15) is 23.4 Å². The van der Waals surface area contributed by atoms with Gasteiger partial charge in [-0.2, -0.15) is 0 Å². The van der Waals surface area contributed by atoms with Crippen molar-refractivity contribution < 1.29 is 9.90 Å². The molecule has 3 N–H and O–H groups in total. The van der Waals surface area contributed by atoms with Crippen molar-refractivity contribution in [1.82, 2.24) is 4.98 Å². The van der Waals surface area contributed by atoms with Gasteiger partial charge in [0.15, 0.2) is 5.13 Å². The Balaban J connectivity index is 1.54. The molecule has 0 aliphatic heterocycles. The Morgan fingerprint density at radius 3 is 2.76 bits per heavy atom. The minimum Gasteiger partial charge on any atom is -0.508 e. The largest absolute Gasteiger partial charge is 0.508 e. The Labute approximate surface area is 127 Å². The van der Waals surface area contributed by atoms with Crippen molar-refractivity contribution in [2.75, 3.05) is 17.2 Å². The fourth-order valence-electron chi connectivity index (χ4n) is 2.33. The van der Waals surface area contributed by atoms with E-state index in [0.29, 0.717) is 5.13 Å². The summed E-state index contributed by atoms with van der Waals surface area (Å²) in [6.07, 6.45) is 4.50. The number of amides is 1. The van der Waals surface area contributed by atoms with E-state index in [9.17, 15) is 9.90 Å². The molecule has 6 heteroatoms. The lowest BCUT2D eigenvalue weighted by Crippen LogP contribution is -2.21. The summed E-state index contributed by atoms with van der Waals surface area (Å²) in [5, 5.41) is 15.7. The van der Waals surface area contributed by atoms with Crippen molar-refractivity contribution in [3.8, 4) is 5.75 Å². The van der Waals surface area contributed by atoms with E-state index < -0.39 is 0 Å². The van der Waals surface area contributed by atoms with Crippen LogP contribution in [0.3, 0.4) is 0 Å². The van der Waals surface area contributed by atoms with Crippen LogP contribution < -0.4 is 10.6 Å². The highest BCUT2D eigenvalue weighted by Gasteiger charge is 2.16. The van der Waals surface area contributed by atoms with Gasteiger partial charge in [-0.05, 0) is 49.9 Å². The van der Waals surface area contributed by atoms with Gasteiger partial charge >= 0.3 is 0 Å². The second-order valence-electron chi connectivity index (χ2n) is 5.04. The number of rotatable bonds is 4. The number of carbonyl (C=O) groups excluding carboxylic acids is 1. The number of fused-ring (bicyclic) bond motifs is 1. The number of carbonyl (C=O) groups is 1. The zero-order valence-corrected chi connectivity index (χ0v) is 12.4. The molecule has 0 atom stereocenters. The smallest absolute Gasteiger partial charge is 0.245 e. The minimum atomic E-state index is -0.117. The first kappa shape index (κ1) is 13.9. The van der Waals surface area contributed by atoms with Crippen molar-refractivity contribution in [3.05, 3.63) is 34.8 Å². The second kappa shape index (κ2) is 6.13. The second-order valence-corrected chi connectivity index (χ2v) is 6.13. The van der Waals surface area contributed by atoms with Gasteiger partial charge in [0.1, 0.15) is 5.75 Å². The molecule has 1 aromatic heterocycles. The summed E-state index contributed by atoms with van der Waals surface area (Å²) in [6.45, 7) is 0.176. The van der Waals surface area contributed by atoms with Crippen molar-refractivity contribution in [1.29, 1.82) is 0 Å². The van der Waals surface area contributed by atoms with Gasteiger partial charge in [0.25, 0.3) is 0 Å². The summed E-state index contributed by atoms with van der Waals surface area (Å²) in [5.41, 5.74) is 1.94. The molecule has 0 fully saturated rings. The SMILES string of the molecule is O=C(CNc1ccc(O)cc1)Nc1nc2c(s1)CCCC2. The number of aromatic hydroxyl groups is 1. The number of benzene rings is 1. The summed E-state index contributed by atoms with van der Waals surface area (Å²) in [7, 11) is 0. The number of anilines is 2. The van der Waals surface area contributed by atoms with Gasteiger partial charge in [0.2, 0.25) is 5.91 Å². The Morgan fingerprint density at radius 2 is 2.00 bits per heavy atom. The average molecular weight is 303 g/mol. The zero-order valence-electron chi connectivity index (χ0n) is 11.6. The lowest BCUT2D eigenvalue weighted by atomic mass is 10.0. The number of thiazole rings is 1. The lowest BCUT2D eigenvalue weighted by molar-refractivity contribution is -0.114. The molecule has 1 heterocycles. The molecule has 110 valence electrons. The van der Waals surface area contributed by atoms with Crippen LogP contribution in [0, 0.1) is 0 Å². The number of nitrogens with zero attached hydrogens (tertiary/aromatic N) is 1. The third kappa shape index (κ3) is 3.52. The first-order valence-electron chi connectivity index (χ1n) is 7.02. The molecule has 21 heavy (non-hydrogen) atoms. The van der Waals surface area contributed by atoms with E-state index in [1.807, 2.05) is 0 Å². The predicted molar refractivity (Wildman–Crippen MR) is 84.0 cm³/mol. The van der Waals surface area contributed by atoms with Gasteiger partial charge in [0, 0.05) is 10.6 Å². The number of phenols is 1. The van der Waals surface area contributed by atoms with Gasteiger partial charge in [-0.15, -0.1) is 11.3 Å². The van der Waals surface area contributed by atoms with Gasteiger partial charge < -0.3 is 15.7 Å². The summed E-state index contributed by atoms with van der Waals surface area (Å²) in [5.74, 6) is 0.0903. The summed E-state index contributed by atoms with van der Waals surface area (Å²) in [4.78, 5) is 17.7. The van der Waals surface area contributed by atoms with E-state index in [1.165, 1.54) is 17.7 Å². The first-order chi connectivity index (χ1) is 10.2. The molecule has 5 nitrogen and oxygen atoms in total. The van der Waals surface area contributed by atoms with E-state index in [4.69, 9.17) is 0 Å². The van der Waals surface area contributed by atoms with Crippen LogP contribution >= 0.6 is 11.3 Å². The summed E-state index contributed by atoms with van der Waals surface area (Å²) in [6, 6.07) is 6.61. The van der Waals surface area contributed by atoms with Gasteiger partial charge in [0.05, 0.1) is 12.2 Å². The number of aryl methyl sites for hydroxylation is 2. The Kier molecular flexibility index (Phi) is 4.06. The van der Waals surface area contributed by atoms with E-state index in [2.05, 4.69) is 15.6 Å². The van der Waals surface area contributed by atoms with Gasteiger partial charge in [-0.1, -0.05) is 0 Å². The number of phenolic OH excluding ortho intramolecular Hbond substituents is 1. The van der Waals surface area contributed by atoms with Crippen LogP contribution in [0.15, 0.2) is 24.3 Å². The minimum absolute atomic E-state index is 0.117. The molecule has 1 aromatic carbocycles. The molecule has 0 saturated heterocycles. The topological polar surface area (TPSA) is 74.2 Å². The molecule has 1 aliphatic carbocycles. The molecule has 2 aromatic rings. The molecular formula is C15H17N3O2S. The third-order valence-electron chi connectivity index (χ3n) is 3.41. The van der Waals surface area contributed by atoms with Crippen molar-refractivity contribution in [3.63, 3.8) is 0 Å². The number of hydrogen-bond acceptors (Lipinski definition) is 5. The molecule has 3 rings (SSSR count). The maximum atomic E-state index is 11.9.